The lowest BCUT2D eigenvalue weighted by molar-refractivity contribution is -0.137. The van der Waals surface area contributed by atoms with Crippen molar-refractivity contribution in [2.24, 2.45) is 0 Å². The summed E-state index contributed by atoms with van der Waals surface area (Å²) in [7, 11) is -3.95. The fourth-order valence-electron chi connectivity index (χ4n) is 2.73. The van der Waals surface area contributed by atoms with Crippen LogP contribution in [0.25, 0.3) is 0 Å². The molecule has 0 bridgehead atoms. The molecule has 1 aliphatic heterocycles. The zero-order chi connectivity index (χ0) is 18.6. The van der Waals surface area contributed by atoms with Gasteiger partial charge in [0.25, 0.3) is 0 Å². The number of amides is 1. The van der Waals surface area contributed by atoms with E-state index in [1.54, 1.807) is 4.90 Å². The largest absolute Gasteiger partial charge is 0.370 e. The molecule has 138 valence electrons. The summed E-state index contributed by atoms with van der Waals surface area (Å²) < 4.78 is 45.5. The first-order valence-electron chi connectivity index (χ1n) is 8.15. The molecule has 26 heavy (non-hydrogen) atoms. The zero-order valence-corrected chi connectivity index (χ0v) is 14.8. The number of rotatable bonds is 5. The van der Waals surface area contributed by atoms with E-state index in [-0.39, 0.29) is 23.5 Å². The van der Waals surface area contributed by atoms with E-state index in [9.17, 15) is 17.6 Å². The quantitative estimate of drug-likeness (QED) is 0.859. The number of sulfonamides is 1. The zero-order valence-electron chi connectivity index (χ0n) is 14.0. The van der Waals surface area contributed by atoms with Crippen LogP contribution in [-0.4, -0.2) is 45.5 Å². The summed E-state index contributed by atoms with van der Waals surface area (Å²) in [5.74, 6) is -1.01. The highest BCUT2D eigenvalue weighted by atomic mass is 32.2. The lowest BCUT2D eigenvalue weighted by Crippen LogP contribution is -2.46. The third-order valence-corrected chi connectivity index (χ3v) is 5.51. The number of nitrogens with zero attached hydrogens (tertiary/aromatic N) is 1. The van der Waals surface area contributed by atoms with Crippen molar-refractivity contribution in [3.63, 3.8) is 0 Å². The Labute approximate surface area is 151 Å². The van der Waals surface area contributed by atoms with Crippen molar-refractivity contribution in [1.82, 2.24) is 9.62 Å². The number of morpholine rings is 1. The average molecular weight is 378 g/mol. The fourth-order valence-corrected chi connectivity index (χ4v) is 3.74. The van der Waals surface area contributed by atoms with Crippen LogP contribution in [0.2, 0.25) is 0 Å². The molecular weight excluding hydrogens is 359 g/mol. The summed E-state index contributed by atoms with van der Waals surface area (Å²) in [4.78, 5) is 13.7. The van der Waals surface area contributed by atoms with E-state index in [2.05, 4.69) is 4.72 Å². The van der Waals surface area contributed by atoms with Crippen LogP contribution in [0.15, 0.2) is 59.5 Å². The molecule has 0 aromatic heterocycles. The van der Waals surface area contributed by atoms with Gasteiger partial charge in [0.15, 0.2) is 0 Å². The third kappa shape index (κ3) is 4.46. The Balaban J connectivity index is 1.61. The average Bonchev–Trinajstić information content (AvgIpc) is 2.67. The normalized spacial score (nSPS) is 17.9. The van der Waals surface area contributed by atoms with Crippen molar-refractivity contribution in [2.45, 2.75) is 11.0 Å². The molecule has 8 heteroatoms. The Bertz CT molecular complexity index is 874. The predicted octanol–water partition coefficient (Wildman–Crippen LogP) is 1.70. The second-order valence-corrected chi connectivity index (χ2v) is 7.66. The van der Waals surface area contributed by atoms with Crippen molar-refractivity contribution in [2.75, 3.05) is 26.2 Å². The van der Waals surface area contributed by atoms with E-state index in [0.29, 0.717) is 19.7 Å². The van der Waals surface area contributed by atoms with E-state index in [1.807, 2.05) is 30.3 Å². The Morgan fingerprint density at radius 3 is 2.69 bits per heavy atom. The number of carbonyl (C=O) groups is 1. The minimum atomic E-state index is -3.95. The van der Waals surface area contributed by atoms with Crippen LogP contribution in [0.4, 0.5) is 4.39 Å². The highest BCUT2D eigenvalue weighted by Crippen LogP contribution is 2.21. The molecule has 1 unspecified atom stereocenters. The SMILES string of the molecule is O=C(CNS(=O)(=O)c1cccc(F)c1)N1CCOC(c2ccccc2)C1. The molecule has 1 heterocycles. The Hall–Kier alpha value is -2.29. The topological polar surface area (TPSA) is 75.7 Å². The van der Waals surface area contributed by atoms with Gasteiger partial charge in [0.2, 0.25) is 15.9 Å². The van der Waals surface area contributed by atoms with E-state index >= 15 is 0 Å². The summed E-state index contributed by atoms with van der Waals surface area (Å²) in [5.41, 5.74) is 0.963. The van der Waals surface area contributed by atoms with Crippen molar-refractivity contribution < 1.29 is 22.3 Å². The highest BCUT2D eigenvalue weighted by Gasteiger charge is 2.26. The first-order chi connectivity index (χ1) is 12.5. The number of ether oxygens (including phenoxy) is 1. The number of carbonyl (C=O) groups excluding carboxylic acids is 1. The number of hydrogen-bond donors (Lipinski definition) is 1. The summed E-state index contributed by atoms with van der Waals surface area (Å²) in [6, 6.07) is 14.2. The van der Waals surface area contributed by atoms with Crippen molar-refractivity contribution in [1.29, 1.82) is 0 Å². The van der Waals surface area contributed by atoms with Gasteiger partial charge in [0.05, 0.1) is 24.6 Å². The number of hydrogen-bond acceptors (Lipinski definition) is 4. The Morgan fingerprint density at radius 1 is 1.19 bits per heavy atom. The van der Waals surface area contributed by atoms with Crippen LogP contribution < -0.4 is 4.72 Å². The molecular formula is C18H19FN2O4S. The molecule has 0 aliphatic carbocycles. The molecule has 1 fully saturated rings. The molecule has 0 spiro atoms. The highest BCUT2D eigenvalue weighted by molar-refractivity contribution is 7.89. The minimum absolute atomic E-state index is 0.213. The lowest BCUT2D eigenvalue weighted by atomic mass is 10.1. The summed E-state index contributed by atoms with van der Waals surface area (Å²) in [5, 5.41) is 0. The third-order valence-electron chi connectivity index (χ3n) is 4.11. The second-order valence-electron chi connectivity index (χ2n) is 5.89. The van der Waals surface area contributed by atoms with E-state index < -0.39 is 15.8 Å². The summed E-state index contributed by atoms with van der Waals surface area (Å²) in [6.07, 6.45) is -0.242. The first kappa shape index (κ1) is 18.5. The molecule has 0 saturated carbocycles. The number of nitrogens with one attached hydrogen (secondary N) is 1. The van der Waals surface area contributed by atoms with Crippen LogP contribution in [0.3, 0.4) is 0 Å². The smallest absolute Gasteiger partial charge is 0.241 e. The van der Waals surface area contributed by atoms with Crippen molar-refractivity contribution in [3.8, 4) is 0 Å². The van der Waals surface area contributed by atoms with Gasteiger partial charge < -0.3 is 9.64 Å². The van der Waals surface area contributed by atoms with E-state index in [1.165, 1.54) is 12.1 Å². The van der Waals surface area contributed by atoms with Gasteiger partial charge in [-0.1, -0.05) is 36.4 Å². The minimum Gasteiger partial charge on any atom is -0.370 e. The maximum Gasteiger partial charge on any atom is 0.241 e. The van der Waals surface area contributed by atoms with Gasteiger partial charge in [-0.15, -0.1) is 0 Å². The maximum atomic E-state index is 13.2. The van der Waals surface area contributed by atoms with Gasteiger partial charge in [0, 0.05) is 6.54 Å². The summed E-state index contributed by atoms with van der Waals surface area (Å²) >= 11 is 0. The molecule has 1 atom stereocenters. The molecule has 6 nitrogen and oxygen atoms in total. The molecule has 0 radical (unpaired) electrons. The van der Waals surface area contributed by atoms with Crippen LogP contribution in [0, 0.1) is 5.82 Å². The first-order valence-corrected chi connectivity index (χ1v) is 9.63. The fraction of sp³-hybridized carbons (Fsp3) is 0.278. The van der Waals surface area contributed by atoms with Gasteiger partial charge in [-0.25, -0.2) is 17.5 Å². The molecule has 2 aromatic carbocycles. The Kier molecular flexibility index (Phi) is 5.65. The van der Waals surface area contributed by atoms with Crippen LogP contribution in [0.1, 0.15) is 11.7 Å². The van der Waals surface area contributed by atoms with Crippen LogP contribution >= 0.6 is 0 Å². The predicted molar refractivity (Wildman–Crippen MR) is 93.3 cm³/mol. The standard InChI is InChI=1S/C18H19FN2O4S/c19-15-7-4-8-16(11-15)26(23,24)20-12-18(22)21-9-10-25-17(13-21)14-5-2-1-3-6-14/h1-8,11,17,20H,9-10,12-13H2. The van der Waals surface area contributed by atoms with Crippen molar-refractivity contribution >= 4 is 15.9 Å². The van der Waals surface area contributed by atoms with Crippen molar-refractivity contribution in [3.05, 3.63) is 66.0 Å². The molecule has 1 aliphatic rings. The number of halogens is 1. The second kappa shape index (κ2) is 7.94. The molecule has 2 aromatic rings. The molecule has 3 rings (SSSR count). The van der Waals surface area contributed by atoms with Crippen LogP contribution in [0.5, 0.6) is 0 Å². The monoisotopic (exact) mass is 378 g/mol. The lowest BCUT2D eigenvalue weighted by Gasteiger charge is -2.33. The summed E-state index contributed by atoms with van der Waals surface area (Å²) in [6.45, 7) is 0.733. The molecule has 1 amide bonds. The van der Waals surface area contributed by atoms with E-state index in [0.717, 1.165) is 17.7 Å². The van der Waals surface area contributed by atoms with Gasteiger partial charge in [-0.3, -0.25) is 4.79 Å². The van der Waals surface area contributed by atoms with Crippen LogP contribution in [-0.2, 0) is 19.6 Å². The molecule has 1 saturated heterocycles. The van der Waals surface area contributed by atoms with Gasteiger partial charge >= 0.3 is 0 Å². The maximum absolute atomic E-state index is 13.2. The van der Waals surface area contributed by atoms with Gasteiger partial charge in [-0.2, -0.15) is 0 Å². The Morgan fingerprint density at radius 2 is 1.96 bits per heavy atom. The molecule has 1 N–H and O–H groups in total. The number of benzene rings is 2. The van der Waals surface area contributed by atoms with E-state index in [4.69, 9.17) is 4.74 Å². The van der Waals surface area contributed by atoms with Gasteiger partial charge in [-0.05, 0) is 23.8 Å². The van der Waals surface area contributed by atoms with Gasteiger partial charge in [0.1, 0.15) is 11.9 Å².